The van der Waals surface area contributed by atoms with Crippen LogP contribution in [0.5, 0.6) is 0 Å². The van der Waals surface area contributed by atoms with Gasteiger partial charge in [0.25, 0.3) is 0 Å². The molecule has 0 saturated heterocycles. The van der Waals surface area contributed by atoms with E-state index in [2.05, 4.69) is 0 Å². The molecular weight excluding hydrogens is 138 g/mol. The second-order valence-corrected chi connectivity index (χ2v) is 2.12. The maximum Gasteiger partial charge on any atom is 0.0348 e. The molecular formula is C8H15N3. The van der Waals surface area contributed by atoms with Gasteiger partial charge in [-0.2, -0.15) is 0 Å². The van der Waals surface area contributed by atoms with E-state index < -0.39 is 0 Å². The molecule has 0 spiro atoms. The van der Waals surface area contributed by atoms with E-state index in [0.29, 0.717) is 11.4 Å². The molecule has 0 atom stereocenters. The van der Waals surface area contributed by atoms with Gasteiger partial charge in [0.15, 0.2) is 0 Å². The van der Waals surface area contributed by atoms with Crippen molar-refractivity contribution >= 4 is 0 Å². The Kier molecular flexibility index (Phi) is 4.73. The van der Waals surface area contributed by atoms with Gasteiger partial charge in [0, 0.05) is 11.4 Å². The van der Waals surface area contributed by atoms with Gasteiger partial charge < -0.3 is 17.2 Å². The van der Waals surface area contributed by atoms with Crippen LogP contribution in [-0.4, -0.2) is 0 Å². The zero-order valence-electron chi connectivity index (χ0n) is 6.75. The lowest BCUT2D eigenvalue weighted by Gasteiger charge is -1.93. The molecule has 62 valence electrons. The van der Waals surface area contributed by atoms with Crippen LogP contribution in [0.4, 0.5) is 0 Å². The summed E-state index contributed by atoms with van der Waals surface area (Å²) in [5, 5.41) is 0. The van der Waals surface area contributed by atoms with Gasteiger partial charge in [0.05, 0.1) is 0 Å². The molecule has 0 aliphatic rings. The first-order valence-corrected chi connectivity index (χ1v) is 3.51. The van der Waals surface area contributed by atoms with Crippen LogP contribution < -0.4 is 17.2 Å². The Hall–Kier alpha value is -1.38. The topological polar surface area (TPSA) is 78.1 Å². The first-order chi connectivity index (χ1) is 5.20. The molecule has 0 heterocycles. The summed E-state index contributed by atoms with van der Waals surface area (Å²) in [4.78, 5) is 0. The fourth-order valence-corrected chi connectivity index (χ4v) is 0.646. The Morgan fingerprint density at radius 3 is 2.36 bits per heavy atom. The number of allylic oxidation sites excluding steroid dienone is 3. The van der Waals surface area contributed by atoms with E-state index in [0.717, 1.165) is 6.42 Å². The van der Waals surface area contributed by atoms with Crippen molar-refractivity contribution in [3.05, 3.63) is 35.8 Å². The van der Waals surface area contributed by atoms with Crippen LogP contribution in [0, 0.1) is 0 Å². The highest BCUT2D eigenvalue weighted by atomic mass is 14.6. The maximum absolute atomic E-state index is 5.55. The largest absolute Gasteiger partial charge is 0.405 e. The molecule has 0 bridgehead atoms. The molecule has 3 nitrogen and oxygen atoms in total. The Morgan fingerprint density at radius 1 is 1.27 bits per heavy atom. The Morgan fingerprint density at radius 2 is 1.91 bits per heavy atom. The molecule has 6 N–H and O–H groups in total. The van der Waals surface area contributed by atoms with Gasteiger partial charge in [-0.15, -0.1) is 0 Å². The standard InChI is InChI=1S/C8H15N3/c1-2-3-7(10)6-8(11)4-5-9/h3-6H,2,9-11H2,1H3/b5-4+,7-3+,8-6+. The lowest BCUT2D eigenvalue weighted by molar-refractivity contribution is 1.18. The molecule has 0 aromatic carbocycles. The van der Waals surface area contributed by atoms with Crippen LogP contribution in [0.3, 0.4) is 0 Å². The molecule has 0 radical (unpaired) electrons. The Bertz CT molecular complexity index is 190. The minimum absolute atomic E-state index is 0.565. The average molecular weight is 153 g/mol. The van der Waals surface area contributed by atoms with Crippen molar-refractivity contribution in [2.45, 2.75) is 13.3 Å². The van der Waals surface area contributed by atoms with E-state index in [1.54, 1.807) is 12.2 Å². The van der Waals surface area contributed by atoms with Crippen molar-refractivity contribution in [1.82, 2.24) is 0 Å². The summed E-state index contributed by atoms with van der Waals surface area (Å²) in [6.45, 7) is 2.01. The second kappa shape index (κ2) is 5.41. The minimum Gasteiger partial charge on any atom is -0.405 e. The van der Waals surface area contributed by atoms with Crippen molar-refractivity contribution in [2.75, 3.05) is 0 Å². The fourth-order valence-electron chi connectivity index (χ4n) is 0.646. The first-order valence-electron chi connectivity index (χ1n) is 3.51. The van der Waals surface area contributed by atoms with Gasteiger partial charge in [-0.25, -0.2) is 0 Å². The molecule has 11 heavy (non-hydrogen) atoms. The first kappa shape index (κ1) is 9.62. The number of hydrogen-bond donors (Lipinski definition) is 3. The average Bonchev–Trinajstić information content (AvgIpc) is 1.87. The SMILES string of the molecule is CC\C=C(N)/C=C(N)\C=C\N. The lowest BCUT2D eigenvalue weighted by atomic mass is 10.3. The zero-order chi connectivity index (χ0) is 8.69. The third kappa shape index (κ3) is 5.08. The third-order valence-electron chi connectivity index (χ3n) is 1.06. The number of nitrogens with two attached hydrogens (primary N) is 3. The third-order valence-corrected chi connectivity index (χ3v) is 1.06. The van der Waals surface area contributed by atoms with Crippen LogP contribution in [-0.2, 0) is 0 Å². The molecule has 3 heteroatoms. The lowest BCUT2D eigenvalue weighted by Crippen LogP contribution is -2.00. The van der Waals surface area contributed by atoms with Gasteiger partial charge in [-0.05, 0) is 24.8 Å². The summed E-state index contributed by atoms with van der Waals surface area (Å²) in [5.74, 6) is 0. The van der Waals surface area contributed by atoms with Gasteiger partial charge in [0.1, 0.15) is 0 Å². The van der Waals surface area contributed by atoms with Crippen molar-refractivity contribution < 1.29 is 0 Å². The molecule has 0 amide bonds. The van der Waals surface area contributed by atoms with Gasteiger partial charge in [-0.1, -0.05) is 13.0 Å². The summed E-state index contributed by atoms with van der Waals surface area (Å²) < 4.78 is 0. The predicted octanol–water partition coefficient (Wildman–Crippen LogP) is 0.554. The van der Waals surface area contributed by atoms with Crippen LogP contribution in [0.25, 0.3) is 0 Å². The van der Waals surface area contributed by atoms with Crippen LogP contribution in [0.15, 0.2) is 35.8 Å². The molecule has 0 aromatic heterocycles. The van der Waals surface area contributed by atoms with E-state index in [1.165, 1.54) is 6.20 Å². The van der Waals surface area contributed by atoms with E-state index in [9.17, 15) is 0 Å². The molecule has 0 unspecified atom stereocenters. The molecule has 0 fully saturated rings. The summed E-state index contributed by atoms with van der Waals surface area (Å²) >= 11 is 0. The van der Waals surface area contributed by atoms with Crippen molar-refractivity contribution in [1.29, 1.82) is 0 Å². The van der Waals surface area contributed by atoms with E-state index in [1.807, 2.05) is 13.0 Å². The minimum atomic E-state index is 0.565. The van der Waals surface area contributed by atoms with Crippen molar-refractivity contribution in [3.8, 4) is 0 Å². The summed E-state index contributed by atoms with van der Waals surface area (Å²) in [7, 11) is 0. The maximum atomic E-state index is 5.55. The monoisotopic (exact) mass is 153 g/mol. The Balaban J connectivity index is 4.18. The molecule has 0 aromatic rings. The van der Waals surface area contributed by atoms with E-state index in [-0.39, 0.29) is 0 Å². The van der Waals surface area contributed by atoms with Crippen molar-refractivity contribution in [3.63, 3.8) is 0 Å². The number of hydrogen-bond acceptors (Lipinski definition) is 3. The predicted molar refractivity (Wildman–Crippen MR) is 48.2 cm³/mol. The van der Waals surface area contributed by atoms with Crippen LogP contribution in [0.1, 0.15) is 13.3 Å². The molecule has 0 aliphatic carbocycles. The molecule has 0 aliphatic heterocycles. The van der Waals surface area contributed by atoms with E-state index in [4.69, 9.17) is 17.2 Å². The summed E-state index contributed by atoms with van der Waals surface area (Å²) in [6.07, 6.45) is 7.44. The summed E-state index contributed by atoms with van der Waals surface area (Å²) in [6, 6.07) is 0. The Labute approximate surface area is 67.2 Å². The van der Waals surface area contributed by atoms with Gasteiger partial charge in [0.2, 0.25) is 0 Å². The normalized spacial score (nSPS) is 14.3. The summed E-state index contributed by atoms with van der Waals surface area (Å²) in [5.41, 5.74) is 17.4. The van der Waals surface area contributed by atoms with E-state index >= 15 is 0 Å². The highest BCUT2D eigenvalue weighted by molar-refractivity contribution is 5.25. The van der Waals surface area contributed by atoms with Gasteiger partial charge in [-0.3, -0.25) is 0 Å². The van der Waals surface area contributed by atoms with Gasteiger partial charge >= 0.3 is 0 Å². The highest BCUT2D eigenvalue weighted by Gasteiger charge is 1.83. The van der Waals surface area contributed by atoms with Crippen LogP contribution >= 0.6 is 0 Å². The zero-order valence-corrected chi connectivity index (χ0v) is 6.75. The molecule has 0 saturated carbocycles. The second-order valence-electron chi connectivity index (χ2n) is 2.12. The number of rotatable bonds is 3. The van der Waals surface area contributed by atoms with Crippen molar-refractivity contribution in [2.24, 2.45) is 17.2 Å². The fraction of sp³-hybridized carbons (Fsp3) is 0.250. The quantitative estimate of drug-likeness (QED) is 0.518. The van der Waals surface area contributed by atoms with Crippen LogP contribution in [0.2, 0.25) is 0 Å². The smallest absolute Gasteiger partial charge is 0.0348 e. The highest BCUT2D eigenvalue weighted by Crippen LogP contribution is 1.94. The molecule has 0 rings (SSSR count).